The molecule has 25 heavy (non-hydrogen) atoms. The molecule has 0 spiro atoms. The van der Waals surface area contributed by atoms with Crippen LogP contribution in [0.5, 0.6) is 0 Å². The molecular formula is C17H16F4N2O2. The van der Waals surface area contributed by atoms with Gasteiger partial charge in [-0.1, -0.05) is 0 Å². The van der Waals surface area contributed by atoms with Crippen molar-refractivity contribution in [2.75, 3.05) is 0 Å². The van der Waals surface area contributed by atoms with Crippen LogP contribution in [-0.4, -0.2) is 22.4 Å². The van der Waals surface area contributed by atoms with Crippen molar-refractivity contribution in [1.82, 2.24) is 9.88 Å². The number of nitrogens with one attached hydrogen (secondary N) is 1. The summed E-state index contributed by atoms with van der Waals surface area (Å²) in [5.74, 6) is -5.47. The van der Waals surface area contributed by atoms with E-state index in [4.69, 9.17) is 0 Å². The van der Waals surface area contributed by atoms with Crippen LogP contribution in [0.3, 0.4) is 0 Å². The fourth-order valence-electron chi connectivity index (χ4n) is 3.27. The summed E-state index contributed by atoms with van der Waals surface area (Å²) in [4.78, 5) is 24.8. The Bertz CT molecular complexity index is 908. The lowest BCUT2D eigenvalue weighted by Gasteiger charge is -2.29. The van der Waals surface area contributed by atoms with E-state index in [-0.39, 0.29) is 18.4 Å². The average molecular weight is 356 g/mol. The number of hydrogen-bond acceptors (Lipinski definition) is 2. The zero-order chi connectivity index (χ0) is 18.4. The first-order chi connectivity index (χ1) is 11.7. The Hall–Kier alpha value is -2.38. The van der Waals surface area contributed by atoms with Gasteiger partial charge in [-0.05, 0) is 25.0 Å². The van der Waals surface area contributed by atoms with Gasteiger partial charge in [-0.3, -0.25) is 9.59 Å². The number of aromatic nitrogens is 1. The van der Waals surface area contributed by atoms with Crippen molar-refractivity contribution in [3.8, 4) is 0 Å². The third-order valence-corrected chi connectivity index (χ3v) is 4.44. The predicted molar refractivity (Wildman–Crippen MR) is 83.8 cm³/mol. The highest BCUT2D eigenvalue weighted by Crippen LogP contribution is 2.33. The van der Waals surface area contributed by atoms with E-state index in [2.05, 4.69) is 5.32 Å². The molecule has 1 N–H and O–H groups in total. The molecule has 1 aliphatic rings. The van der Waals surface area contributed by atoms with Gasteiger partial charge in [-0.15, -0.1) is 0 Å². The highest BCUT2D eigenvalue weighted by Gasteiger charge is 2.37. The van der Waals surface area contributed by atoms with Gasteiger partial charge >= 0.3 is 0 Å². The number of amides is 1. The number of benzene rings is 1. The van der Waals surface area contributed by atoms with Gasteiger partial charge < -0.3 is 9.88 Å². The third-order valence-electron chi connectivity index (χ3n) is 4.44. The Labute approximate surface area is 140 Å². The molecule has 0 saturated heterocycles. The van der Waals surface area contributed by atoms with Crippen LogP contribution in [-0.2, 0) is 7.05 Å². The Morgan fingerprint density at radius 1 is 1.28 bits per heavy atom. The van der Waals surface area contributed by atoms with E-state index in [0.29, 0.717) is 6.42 Å². The Morgan fingerprint density at radius 3 is 2.64 bits per heavy atom. The topological polar surface area (TPSA) is 51.1 Å². The van der Waals surface area contributed by atoms with Gasteiger partial charge in [0.1, 0.15) is 17.2 Å². The lowest BCUT2D eigenvalue weighted by atomic mass is 9.92. The van der Waals surface area contributed by atoms with Crippen molar-refractivity contribution in [1.29, 1.82) is 0 Å². The van der Waals surface area contributed by atoms with Crippen LogP contribution in [0.15, 0.2) is 23.1 Å². The normalized spacial score (nSPS) is 19.8. The monoisotopic (exact) mass is 356 g/mol. The van der Waals surface area contributed by atoms with E-state index in [0.717, 1.165) is 22.9 Å². The van der Waals surface area contributed by atoms with Crippen molar-refractivity contribution in [3.05, 3.63) is 45.8 Å². The number of hydrogen-bond donors (Lipinski definition) is 1. The number of pyridine rings is 1. The number of carbonyl (C=O) groups is 1. The smallest absolute Gasteiger partial charge is 0.256 e. The Balaban J connectivity index is 1.99. The number of rotatable bonds is 2. The molecule has 0 bridgehead atoms. The lowest BCUT2D eigenvalue weighted by molar-refractivity contribution is -0.0429. The van der Waals surface area contributed by atoms with E-state index in [1.54, 1.807) is 0 Å². The van der Waals surface area contributed by atoms with Crippen LogP contribution >= 0.6 is 0 Å². The van der Waals surface area contributed by atoms with Crippen molar-refractivity contribution in [2.24, 2.45) is 7.05 Å². The summed E-state index contributed by atoms with van der Waals surface area (Å²) in [7, 11) is 1.37. The van der Waals surface area contributed by atoms with E-state index in [9.17, 15) is 27.2 Å². The number of fused-ring (bicyclic) bond motifs is 1. The molecule has 134 valence electrons. The second-order valence-electron chi connectivity index (χ2n) is 6.36. The molecule has 1 aliphatic carbocycles. The molecule has 4 nitrogen and oxygen atoms in total. The van der Waals surface area contributed by atoms with Crippen LogP contribution in [0.2, 0.25) is 0 Å². The van der Waals surface area contributed by atoms with Gasteiger partial charge in [0.2, 0.25) is 11.4 Å². The van der Waals surface area contributed by atoms with Gasteiger partial charge in [0.15, 0.2) is 0 Å². The van der Waals surface area contributed by atoms with Gasteiger partial charge in [0.05, 0.1) is 10.9 Å². The number of halogens is 4. The molecule has 0 aliphatic heterocycles. The quantitative estimate of drug-likeness (QED) is 0.841. The van der Waals surface area contributed by atoms with E-state index in [1.807, 2.05) is 0 Å². The minimum atomic E-state index is -2.86. The maximum atomic E-state index is 14.0. The largest absolute Gasteiger partial charge is 0.349 e. The van der Waals surface area contributed by atoms with Crippen LogP contribution in [0.25, 0.3) is 10.9 Å². The first kappa shape index (κ1) is 17.4. The first-order valence-corrected chi connectivity index (χ1v) is 7.85. The number of carbonyl (C=O) groups excluding carboxylic acids is 1. The zero-order valence-electron chi connectivity index (χ0n) is 13.4. The van der Waals surface area contributed by atoms with Crippen LogP contribution in [0.1, 0.15) is 36.0 Å². The second kappa shape index (κ2) is 6.16. The van der Waals surface area contributed by atoms with Gasteiger partial charge in [0.25, 0.3) is 5.91 Å². The predicted octanol–water partition coefficient (Wildman–Crippen LogP) is 3.12. The Morgan fingerprint density at radius 2 is 1.96 bits per heavy atom. The summed E-state index contributed by atoms with van der Waals surface area (Å²) >= 11 is 0. The van der Waals surface area contributed by atoms with E-state index in [1.165, 1.54) is 7.05 Å². The first-order valence-electron chi connectivity index (χ1n) is 7.85. The molecule has 1 atom stereocenters. The molecular weight excluding hydrogens is 340 g/mol. The second-order valence-corrected chi connectivity index (χ2v) is 6.36. The molecule has 1 aromatic heterocycles. The fourth-order valence-corrected chi connectivity index (χ4v) is 3.27. The number of aryl methyl sites for hydroxylation is 1. The maximum absolute atomic E-state index is 14.0. The SMILES string of the molecule is Cn1cc(C(=O)NC2CCCC(F)(F)C2)c(=O)c2c(F)ccc(F)c21. The highest BCUT2D eigenvalue weighted by atomic mass is 19.3. The molecule has 1 heterocycles. The van der Waals surface area contributed by atoms with Gasteiger partial charge in [-0.2, -0.15) is 0 Å². The molecule has 1 saturated carbocycles. The zero-order valence-corrected chi connectivity index (χ0v) is 13.4. The van der Waals surface area contributed by atoms with Crippen LogP contribution < -0.4 is 10.7 Å². The van der Waals surface area contributed by atoms with Gasteiger partial charge in [0, 0.05) is 32.1 Å². The summed E-state index contributed by atoms with van der Waals surface area (Å²) < 4.78 is 55.9. The van der Waals surface area contributed by atoms with E-state index >= 15 is 0 Å². The van der Waals surface area contributed by atoms with Crippen molar-refractivity contribution in [3.63, 3.8) is 0 Å². The summed E-state index contributed by atoms with van der Waals surface area (Å²) in [5.41, 5.74) is -1.63. The molecule has 0 radical (unpaired) electrons. The van der Waals surface area contributed by atoms with Crippen LogP contribution in [0, 0.1) is 11.6 Å². The minimum Gasteiger partial charge on any atom is -0.349 e. The summed E-state index contributed by atoms with van der Waals surface area (Å²) in [6.45, 7) is 0. The number of nitrogens with zero attached hydrogens (tertiary/aromatic N) is 1. The van der Waals surface area contributed by atoms with Crippen molar-refractivity contribution in [2.45, 2.75) is 37.6 Å². The molecule has 3 rings (SSSR count). The summed E-state index contributed by atoms with van der Waals surface area (Å²) in [5, 5.41) is 1.87. The maximum Gasteiger partial charge on any atom is 0.256 e. The molecule has 8 heteroatoms. The number of alkyl halides is 2. The lowest BCUT2D eigenvalue weighted by Crippen LogP contribution is -2.43. The van der Waals surface area contributed by atoms with Gasteiger partial charge in [-0.25, -0.2) is 17.6 Å². The van der Waals surface area contributed by atoms with Crippen LogP contribution in [0.4, 0.5) is 17.6 Å². The molecule has 1 fully saturated rings. The fraction of sp³-hybridized carbons (Fsp3) is 0.412. The molecule has 1 aromatic carbocycles. The Kier molecular flexibility index (Phi) is 4.30. The minimum absolute atomic E-state index is 0.235. The summed E-state index contributed by atoms with van der Waals surface area (Å²) in [6.07, 6.45) is 0.979. The average Bonchev–Trinajstić information content (AvgIpc) is 2.52. The summed E-state index contributed by atoms with van der Waals surface area (Å²) in [6, 6.07) is 0.928. The third kappa shape index (κ3) is 3.25. The van der Waals surface area contributed by atoms with E-state index < -0.39 is 52.3 Å². The molecule has 1 amide bonds. The standard InChI is InChI=1S/C17H16F4N2O2/c1-23-8-10(15(24)13-11(18)4-5-12(19)14(13)23)16(25)22-9-3-2-6-17(20,21)7-9/h4-5,8-9H,2-3,6-7H2,1H3,(H,22,25). The van der Waals surface area contributed by atoms with Crippen molar-refractivity contribution >= 4 is 16.8 Å². The molecule has 2 aromatic rings. The van der Waals surface area contributed by atoms with Crippen molar-refractivity contribution < 1.29 is 22.4 Å². The molecule has 1 unspecified atom stereocenters. The highest BCUT2D eigenvalue weighted by molar-refractivity contribution is 5.97.